The van der Waals surface area contributed by atoms with Crippen LogP contribution in [0.25, 0.3) is 0 Å². The lowest BCUT2D eigenvalue weighted by Crippen LogP contribution is -2.47. The molecule has 0 aliphatic heterocycles. The Kier molecular flexibility index (Phi) is 3.71. The summed E-state index contributed by atoms with van der Waals surface area (Å²) in [4.78, 5) is 12.4. The molecule has 1 aromatic carbocycles. The average molecular weight is 246 g/mol. The van der Waals surface area contributed by atoms with Crippen molar-refractivity contribution >= 4 is 5.91 Å². The molecule has 3 heteroatoms. The Bertz CT molecular complexity index is 418. The highest BCUT2D eigenvalue weighted by atomic mass is 16.2. The van der Waals surface area contributed by atoms with Gasteiger partial charge in [-0.2, -0.15) is 0 Å². The fourth-order valence-corrected chi connectivity index (χ4v) is 2.66. The van der Waals surface area contributed by atoms with Gasteiger partial charge in [-0.1, -0.05) is 36.8 Å². The first-order chi connectivity index (χ1) is 8.54. The van der Waals surface area contributed by atoms with E-state index in [0.29, 0.717) is 0 Å². The summed E-state index contributed by atoms with van der Waals surface area (Å²) in [6, 6.07) is 10.0. The number of amides is 1. The smallest absolute Gasteiger partial charge is 0.227 e. The van der Waals surface area contributed by atoms with Gasteiger partial charge in [0.25, 0.3) is 0 Å². The van der Waals surface area contributed by atoms with Crippen molar-refractivity contribution in [3.05, 3.63) is 35.9 Å². The van der Waals surface area contributed by atoms with Crippen LogP contribution in [0.1, 0.15) is 44.7 Å². The SMILES string of the molecule is C[C@H](NC(=O)C1(C)CCCC1N)c1ccccc1. The predicted molar refractivity (Wildman–Crippen MR) is 72.9 cm³/mol. The van der Waals surface area contributed by atoms with Crippen molar-refractivity contribution in [1.82, 2.24) is 5.32 Å². The van der Waals surface area contributed by atoms with E-state index in [-0.39, 0.29) is 18.0 Å². The molecule has 1 aromatic rings. The molecule has 0 saturated heterocycles. The third kappa shape index (κ3) is 2.41. The molecule has 1 fully saturated rings. The zero-order chi connectivity index (χ0) is 13.2. The van der Waals surface area contributed by atoms with Crippen LogP contribution < -0.4 is 11.1 Å². The van der Waals surface area contributed by atoms with Gasteiger partial charge in [0, 0.05) is 6.04 Å². The summed E-state index contributed by atoms with van der Waals surface area (Å²) in [6.45, 7) is 3.99. The van der Waals surface area contributed by atoms with Crippen LogP contribution in [0.15, 0.2) is 30.3 Å². The van der Waals surface area contributed by atoms with Gasteiger partial charge in [-0.25, -0.2) is 0 Å². The Labute approximate surface area is 109 Å². The molecule has 3 N–H and O–H groups in total. The first-order valence-corrected chi connectivity index (χ1v) is 6.65. The second-order valence-corrected chi connectivity index (χ2v) is 5.52. The van der Waals surface area contributed by atoms with Crippen LogP contribution in [-0.2, 0) is 4.79 Å². The minimum Gasteiger partial charge on any atom is -0.349 e. The first-order valence-electron chi connectivity index (χ1n) is 6.65. The van der Waals surface area contributed by atoms with Crippen molar-refractivity contribution in [3.63, 3.8) is 0 Å². The number of carbonyl (C=O) groups is 1. The third-order valence-electron chi connectivity index (χ3n) is 4.20. The maximum Gasteiger partial charge on any atom is 0.227 e. The number of nitrogens with two attached hydrogens (primary N) is 1. The van der Waals surface area contributed by atoms with Gasteiger partial charge >= 0.3 is 0 Å². The molecule has 0 bridgehead atoms. The molecule has 1 amide bonds. The van der Waals surface area contributed by atoms with Gasteiger partial charge in [-0.15, -0.1) is 0 Å². The Morgan fingerprint density at radius 3 is 2.67 bits per heavy atom. The molecule has 2 rings (SSSR count). The predicted octanol–water partition coefficient (Wildman–Crippen LogP) is 2.38. The molecule has 98 valence electrons. The Balaban J connectivity index is 2.04. The van der Waals surface area contributed by atoms with E-state index in [2.05, 4.69) is 5.32 Å². The van der Waals surface area contributed by atoms with E-state index in [1.165, 1.54) is 0 Å². The second-order valence-electron chi connectivity index (χ2n) is 5.52. The van der Waals surface area contributed by atoms with Gasteiger partial charge in [0.2, 0.25) is 5.91 Å². The minimum absolute atomic E-state index is 0.0135. The van der Waals surface area contributed by atoms with Crippen molar-refractivity contribution in [2.24, 2.45) is 11.1 Å². The molecule has 1 aliphatic rings. The zero-order valence-electron chi connectivity index (χ0n) is 11.1. The zero-order valence-corrected chi connectivity index (χ0v) is 11.1. The molecule has 18 heavy (non-hydrogen) atoms. The van der Waals surface area contributed by atoms with Crippen LogP contribution in [0.5, 0.6) is 0 Å². The number of rotatable bonds is 3. The van der Waals surface area contributed by atoms with Crippen LogP contribution in [0.4, 0.5) is 0 Å². The number of benzene rings is 1. The van der Waals surface area contributed by atoms with Gasteiger partial charge in [0.1, 0.15) is 0 Å². The fourth-order valence-electron chi connectivity index (χ4n) is 2.66. The van der Waals surface area contributed by atoms with Gasteiger partial charge in [0.15, 0.2) is 0 Å². The summed E-state index contributed by atoms with van der Waals surface area (Å²) >= 11 is 0. The lowest BCUT2D eigenvalue weighted by atomic mass is 9.84. The maximum atomic E-state index is 12.4. The van der Waals surface area contributed by atoms with E-state index in [4.69, 9.17) is 5.73 Å². The van der Waals surface area contributed by atoms with E-state index in [1.807, 2.05) is 44.2 Å². The molecule has 0 radical (unpaired) electrons. The first kappa shape index (κ1) is 13.1. The summed E-state index contributed by atoms with van der Waals surface area (Å²) < 4.78 is 0. The maximum absolute atomic E-state index is 12.4. The number of nitrogens with one attached hydrogen (secondary N) is 1. The average Bonchev–Trinajstić information content (AvgIpc) is 2.72. The van der Waals surface area contributed by atoms with E-state index in [1.54, 1.807) is 0 Å². The molecule has 3 nitrogen and oxygen atoms in total. The summed E-state index contributed by atoms with van der Waals surface area (Å²) in [5.74, 6) is 0.0869. The van der Waals surface area contributed by atoms with E-state index >= 15 is 0 Å². The minimum atomic E-state index is -0.400. The van der Waals surface area contributed by atoms with Crippen molar-refractivity contribution in [1.29, 1.82) is 0 Å². The second kappa shape index (κ2) is 5.11. The highest BCUT2D eigenvalue weighted by Crippen LogP contribution is 2.37. The highest BCUT2D eigenvalue weighted by molar-refractivity contribution is 5.83. The molecule has 0 heterocycles. The topological polar surface area (TPSA) is 55.1 Å². The quantitative estimate of drug-likeness (QED) is 0.860. The molecule has 2 unspecified atom stereocenters. The van der Waals surface area contributed by atoms with Gasteiger partial charge in [0.05, 0.1) is 11.5 Å². The lowest BCUT2D eigenvalue weighted by Gasteiger charge is -2.29. The molecule has 0 aromatic heterocycles. The summed E-state index contributed by atoms with van der Waals surface area (Å²) in [6.07, 6.45) is 2.88. The lowest BCUT2D eigenvalue weighted by molar-refractivity contribution is -0.131. The number of carbonyl (C=O) groups excluding carboxylic acids is 1. The van der Waals surface area contributed by atoms with Crippen LogP contribution in [0, 0.1) is 5.41 Å². The highest BCUT2D eigenvalue weighted by Gasteiger charge is 2.43. The fraction of sp³-hybridized carbons (Fsp3) is 0.533. The largest absolute Gasteiger partial charge is 0.349 e. The molecule has 3 atom stereocenters. The standard InChI is InChI=1S/C15H22N2O/c1-11(12-7-4-3-5-8-12)17-14(18)15(2)10-6-9-13(15)16/h3-5,7-8,11,13H,6,9-10,16H2,1-2H3,(H,17,18)/t11-,13?,15?/m0/s1. The molecule has 1 saturated carbocycles. The van der Waals surface area contributed by atoms with Gasteiger partial charge in [-0.05, 0) is 32.3 Å². The van der Waals surface area contributed by atoms with Crippen molar-refractivity contribution in [2.75, 3.05) is 0 Å². The van der Waals surface area contributed by atoms with Crippen LogP contribution >= 0.6 is 0 Å². The van der Waals surface area contributed by atoms with Crippen molar-refractivity contribution in [2.45, 2.75) is 45.2 Å². The van der Waals surface area contributed by atoms with Gasteiger partial charge in [-0.3, -0.25) is 4.79 Å². The van der Waals surface area contributed by atoms with Crippen LogP contribution in [0.2, 0.25) is 0 Å². The Morgan fingerprint density at radius 1 is 1.44 bits per heavy atom. The van der Waals surface area contributed by atoms with E-state index in [0.717, 1.165) is 24.8 Å². The Morgan fingerprint density at radius 2 is 2.11 bits per heavy atom. The van der Waals surface area contributed by atoms with E-state index < -0.39 is 5.41 Å². The third-order valence-corrected chi connectivity index (χ3v) is 4.20. The van der Waals surface area contributed by atoms with Crippen molar-refractivity contribution < 1.29 is 4.79 Å². The normalized spacial score (nSPS) is 28.9. The van der Waals surface area contributed by atoms with E-state index in [9.17, 15) is 4.79 Å². The summed E-state index contributed by atoms with van der Waals surface area (Å²) in [5.41, 5.74) is 6.79. The van der Waals surface area contributed by atoms with Crippen molar-refractivity contribution in [3.8, 4) is 0 Å². The Hall–Kier alpha value is -1.35. The van der Waals surface area contributed by atoms with Crippen LogP contribution in [0.3, 0.4) is 0 Å². The number of hydrogen-bond acceptors (Lipinski definition) is 2. The molecular formula is C15H22N2O. The monoisotopic (exact) mass is 246 g/mol. The number of hydrogen-bond donors (Lipinski definition) is 2. The molecule has 0 spiro atoms. The van der Waals surface area contributed by atoms with Gasteiger partial charge < -0.3 is 11.1 Å². The molecular weight excluding hydrogens is 224 g/mol. The summed E-state index contributed by atoms with van der Waals surface area (Å²) in [7, 11) is 0. The summed E-state index contributed by atoms with van der Waals surface area (Å²) in [5, 5.41) is 3.09. The van der Waals surface area contributed by atoms with Crippen LogP contribution in [-0.4, -0.2) is 11.9 Å². The molecule has 1 aliphatic carbocycles.